The van der Waals surface area contributed by atoms with Gasteiger partial charge in [0.05, 0.1) is 6.61 Å². The van der Waals surface area contributed by atoms with Crippen molar-refractivity contribution in [2.24, 2.45) is 0 Å². The monoisotopic (exact) mass is 278 g/mol. The van der Waals surface area contributed by atoms with Crippen LogP contribution < -0.4 is 10.1 Å². The molecule has 0 radical (unpaired) electrons. The Morgan fingerprint density at radius 3 is 2.95 bits per heavy atom. The molecular formula is C16H26N2O2. The first-order chi connectivity index (χ1) is 9.67. The van der Waals surface area contributed by atoms with Crippen molar-refractivity contribution in [1.29, 1.82) is 0 Å². The number of hydrogen-bond acceptors (Lipinski definition) is 4. The fraction of sp³-hybridized carbons (Fsp3) is 0.625. The van der Waals surface area contributed by atoms with E-state index in [-0.39, 0.29) is 12.1 Å². The number of ether oxygens (including phenoxy) is 1. The van der Waals surface area contributed by atoms with E-state index in [4.69, 9.17) is 4.74 Å². The molecule has 4 heteroatoms. The Hall–Kier alpha value is -1.10. The molecule has 0 amide bonds. The average molecular weight is 278 g/mol. The van der Waals surface area contributed by atoms with Crippen LogP contribution in [0.1, 0.15) is 25.8 Å². The van der Waals surface area contributed by atoms with E-state index in [9.17, 15) is 5.11 Å². The number of nitrogens with zero attached hydrogens (tertiary/aromatic N) is 1. The summed E-state index contributed by atoms with van der Waals surface area (Å²) in [5.41, 5.74) is 1.06. The molecule has 0 saturated heterocycles. The molecule has 20 heavy (non-hydrogen) atoms. The first-order valence-corrected chi connectivity index (χ1v) is 7.46. The number of nitrogens with one attached hydrogen (secondary N) is 1. The molecule has 4 nitrogen and oxygen atoms in total. The molecule has 0 aromatic heterocycles. The Bertz CT molecular complexity index is 425. The molecule has 1 aliphatic heterocycles. The molecule has 2 N–H and O–H groups in total. The molecule has 0 bridgehead atoms. The van der Waals surface area contributed by atoms with Crippen molar-refractivity contribution in [3.05, 3.63) is 29.8 Å². The Morgan fingerprint density at radius 2 is 2.20 bits per heavy atom. The molecule has 1 aliphatic rings. The molecule has 0 spiro atoms. The predicted molar refractivity (Wildman–Crippen MR) is 81.0 cm³/mol. The Kier molecular flexibility index (Phi) is 5.40. The molecule has 2 rings (SSSR count). The SMILES string of the molecule is CCNC(C)(CO)CCN1CCOc2ccccc2C1. The van der Waals surface area contributed by atoms with Crippen molar-refractivity contribution in [2.75, 3.05) is 32.8 Å². The van der Waals surface area contributed by atoms with Crippen LogP contribution in [0.3, 0.4) is 0 Å². The van der Waals surface area contributed by atoms with Gasteiger partial charge in [-0.15, -0.1) is 0 Å². The fourth-order valence-electron chi connectivity index (χ4n) is 2.63. The lowest BCUT2D eigenvalue weighted by Gasteiger charge is -2.31. The van der Waals surface area contributed by atoms with Gasteiger partial charge in [0.15, 0.2) is 0 Å². The molecule has 1 aromatic carbocycles. The van der Waals surface area contributed by atoms with E-state index in [0.717, 1.165) is 45.0 Å². The average Bonchev–Trinajstić information content (AvgIpc) is 2.67. The van der Waals surface area contributed by atoms with E-state index < -0.39 is 0 Å². The van der Waals surface area contributed by atoms with Gasteiger partial charge >= 0.3 is 0 Å². The largest absolute Gasteiger partial charge is 0.492 e. The van der Waals surface area contributed by atoms with Gasteiger partial charge in [-0.1, -0.05) is 25.1 Å². The summed E-state index contributed by atoms with van der Waals surface area (Å²) >= 11 is 0. The summed E-state index contributed by atoms with van der Waals surface area (Å²) < 4.78 is 5.78. The number of aliphatic hydroxyl groups is 1. The Balaban J connectivity index is 1.94. The quantitative estimate of drug-likeness (QED) is 0.830. The van der Waals surface area contributed by atoms with Crippen LogP contribution in [-0.2, 0) is 6.54 Å². The zero-order valence-corrected chi connectivity index (χ0v) is 12.6. The smallest absolute Gasteiger partial charge is 0.123 e. The highest BCUT2D eigenvalue weighted by atomic mass is 16.5. The second-order valence-corrected chi connectivity index (χ2v) is 5.73. The highest BCUT2D eigenvalue weighted by Crippen LogP contribution is 2.23. The van der Waals surface area contributed by atoms with Crippen LogP contribution in [0.4, 0.5) is 0 Å². The lowest BCUT2D eigenvalue weighted by Crippen LogP contribution is -2.48. The lowest BCUT2D eigenvalue weighted by atomic mass is 9.98. The van der Waals surface area contributed by atoms with Crippen LogP contribution in [0.25, 0.3) is 0 Å². The van der Waals surface area contributed by atoms with Crippen molar-refractivity contribution < 1.29 is 9.84 Å². The van der Waals surface area contributed by atoms with Gasteiger partial charge in [0.25, 0.3) is 0 Å². The summed E-state index contributed by atoms with van der Waals surface area (Å²) in [4.78, 5) is 2.40. The highest BCUT2D eigenvalue weighted by molar-refractivity contribution is 5.33. The molecular weight excluding hydrogens is 252 g/mol. The van der Waals surface area contributed by atoms with Gasteiger partial charge in [-0.3, -0.25) is 4.90 Å². The molecule has 1 atom stereocenters. The van der Waals surface area contributed by atoms with Crippen molar-refractivity contribution in [3.63, 3.8) is 0 Å². The van der Waals surface area contributed by atoms with E-state index in [1.54, 1.807) is 0 Å². The van der Waals surface area contributed by atoms with Crippen LogP contribution >= 0.6 is 0 Å². The van der Waals surface area contributed by atoms with Gasteiger partial charge in [-0.25, -0.2) is 0 Å². The van der Waals surface area contributed by atoms with Crippen LogP contribution in [0.15, 0.2) is 24.3 Å². The minimum absolute atomic E-state index is 0.168. The van der Waals surface area contributed by atoms with Crippen molar-refractivity contribution in [2.45, 2.75) is 32.4 Å². The van der Waals surface area contributed by atoms with Crippen molar-refractivity contribution >= 4 is 0 Å². The maximum Gasteiger partial charge on any atom is 0.123 e. The summed E-state index contributed by atoms with van der Waals surface area (Å²) in [5.74, 6) is 1.01. The zero-order chi connectivity index (χ0) is 14.4. The first-order valence-electron chi connectivity index (χ1n) is 7.46. The number of fused-ring (bicyclic) bond motifs is 1. The van der Waals surface area contributed by atoms with Gasteiger partial charge < -0.3 is 15.2 Å². The van der Waals surface area contributed by atoms with Gasteiger partial charge in [0, 0.05) is 30.7 Å². The molecule has 0 fully saturated rings. The fourth-order valence-corrected chi connectivity index (χ4v) is 2.63. The number of benzene rings is 1. The van der Waals surface area contributed by atoms with Crippen LogP contribution in [0, 0.1) is 0 Å². The predicted octanol–water partition coefficient (Wildman–Crippen LogP) is 1.63. The highest BCUT2D eigenvalue weighted by Gasteiger charge is 2.23. The number of likely N-dealkylation sites (N-methyl/N-ethyl adjacent to an activating group) is 1. The van der Waals surface area contributed by atoms with Crippen LogP contribution in [0.5, 0.6) is 5.75 Å². The van der Waals surface area contributed by atoms with E-state index in [1.165, 1.54) is 5.56 Å². The summed E-state index contributed by atoms with van der Waals surface area (Å²) in [6, 6.07) is 8.24. The van der Waals surface area contributed by atoms with Gasteiger partial charge in [-0.05, 0) is 26.0 Å². The number of hydrogen-bond donors (Lipinski definition) is 2. The number of para-hydroxylation sites is 1. The van der Waals surface area contributed by atoms with Crippen LogP contribution in [-0.4, -0.2) is 48.4 Å². The Labute approximate surface area is 121 Å². The molecule has 1 heterocycles. The topological polar surface area (TPSA) is 44.7 Å². The number of aliphatic hydroxyl groups excluding tert-OH is 1. The lowest BCUT2D eigenvalue weighted by molar-refractivity contribution is 0.141. The van der Waals surface area contributed by atoms with Gasteiger partial charge in [0.2, 0.25) is 0 Å². The second kappa shape index (κ2) is 7.07. The van der Waals surface area contributed by atoms with Gasteiger partial charge in [-0.2, -0.15) is 0 Å². The van der Waals surface area contributed by atoms with Gasteiger partial charge in [0.1, 0.15) is 12.4 Å². The molecule has 1 unspecified atom stereocenters. The van der Waals surface area contributed by atoms with E-state index >= 15 is 0 Å². The van der Waals surface area contributed by atoms with Crippen LogP contribution in [0.2, 0.25) is 0 Å². The second-order valence-electron chi connectivity index (χ2n) is 5.73. The zero-order valence-electron chi connectivity index (χ0n) is 12.6. The summed E-state index contributed by atoms with van der Waals surface area (Å²) in [5, 5.41) is 12.9. The normalized spacial score (nSPS) is 18.8. The Morgan fingerprint density at radius 1 is 1.40 bits per heavy atom. The maximum absolute atomic E-state index is 9.55. The third-order valence-corrected chi connectivity index (χ3v) is 3.96. The van der Waals surface area contributed by atoms with E-state index in [2.05, 4.69) is 36.2 Å². The summed E-state index contributed by atoms with van der Waals surface area (Å²) in [6.07, 6.45) is 0.930. The first kappa shape index (κ1) is 15.3. The minimum Gasteiger partial charge on any atom is -0.492 e. The third-order valence-electron chi connectivity index (χ3n) is 3.96. The van der Waals surface area contributed by atoms with E-state index in [1.807, 2.05) is 12.1 Å². The molecule has 0 saturated carbocycles. The standard InChI is InChI=1S/C16H26N2O2/c1-3-17-16(2,13-19)8-9-18-10-11-20-15-7-5-4-6-14(15)12-18/h4-7,17,19H,3,8-13H2,1-2H3. The number of rotatable bonds is 6. The van der Waals surface area contributed by atoms with Crippen molar-refractivity contribution in [3.8, 4) is 5.75 Å². The maximum atomic E-state index is 9.55. The molecule has 1 aromatic rings. The molecule has 0 aliphatic carbocycles. The molecule has 112 valence electrons. The van der Waals surface area contributed by atoms with Crippen molar-refractivity contribution in [1.82, 2.24) is 10.2 Å². The summed E-state index contributed by atoms with van der Waals surface area (Å²) in [6.45, 7) is 8.75. The summed E-state index contributed by atoms with van der Waals surface area (Å²) in [7, 11) is 0. The van der Waals surface area contributed by atoms with E-state index in [0.29, 0.717) is 0 Å². The third kappa shape index (κ3) is 3.95. The minimum atomic E-state index is -0.193.